The van der Waals surface area contributed by atoms with Crippen LogP contribution in [0.15, 0.2) is 60.0 Å². The molecule has 1 aromatic carbocycles. The largest absolute Gasteiger partial charge is 0.370 e. The standard InChI is InChI=1S/C19H22N4O2/c1-15(21-22-19(24)17-8-5-9-20-14-17)18(16-6-3-2-4-7-16)23-10-12-25-13-11-23/h2-9,14,18H,10-13H2,1H3,(H,22,24)/p+1/b21-15-/t18-/m1/s1. The molecule has 2 aromatic rings. The molecule has 2 N–H and O–H groups in total. The smallest absolute Gasteiger partial charge is 0.272 e. The lowest BCUT2D eigenvalue weighted by Crippen LogP contribution is -3.15. The van der Waals surface area contributed by atoms with E-state index in [1.165, 1.54) is 16.7 Å². The fourth-order valence-electron chi connectivity index (χ4n) is 3.11. The Labute approximate surface area is 147 Å². The Morgan fingerprint density at radius 3 is 2.64 bits per heavy atom. The Kier molecular flexibility index (Phi) is 5.87. The summed E-state index contributed by atoms with van der Waals surface area (Å²) in [6, 6.07) is 13.8. The number of carbonyl (C=O) groups is 1. The number of nitrogens with one attached hydrogen (secondary N) is 2. The lowest BCUT2D eigenvalue weighted by Gasteiger charge is -2.31. The maximum atomic E-state index is 12.2. The van der Waals surface area contributed by atoms with Crippen LogP contribution in [0.2, 0.25) is 0 Å². The third-order valence-corrected chi connectivity index (χ3v) is 4.35. The summed E-state index contributed by atoms with van der Waals surface area (Å²) in [5, 5.41) is 4.38. The van der Waals surface area contributed by atoms with E-state index < -0.39 is 0 Å². The Balaban J connectivity index is 1.78. The molecule has 1 aromatic heterocycles. The SMILES string of the molecule is C/C(=N/NC(=O)c1cccnc1)[C@H](c1ccccc1)[NH+]1CCOCC1. The summed E-state index contributed by atoms with van der Waals surface area (Å²) < 4.78 is 5.48. The molecule has 1 atom stereocenters. The van der Waals surface area contributed by atoms with Crippen LogP contribution in [0.5, 0.6) is 0 Å². The number of ether oxygens (including phenoxy) is 1. The van der Waals surface area contributed by atoms with Gasteiger partial charge in [-0.3, -0.25) is 9.78 Å². The predicted molar refractivity (Wildman–Crippen MR) is 95.5 cm³/mol. The molecule has 6 heteroatoms. The average molecular weight is 339 g/mol. The summed E-state index contributed by atoms with van der Waals surface area (Å²) in [5.74, 6) is -0.253. The van der Waals surface area contributed by atoms with E-state index in [0.717, 1.165) is 32.0 Å². The first-order valence-electron chi connectivity index (χ1n) is 8.47. The zero-order valence-corrected chi connectivity index (χ0v) is 14.3. The van der Waals surface area contributed by atoms with Crippen molar-refractivity contribution in [3.05, 3.63) is 66.0 Å². The van der Waals surface area contributed by atoms with Gasteiger partial charge < -0.3 is 9.64 Å². The van der Waals surface area contributed by atoms with E-state index in [1.807, 2.05) is 25.1 Å². The fraction of sp³-hybridized carbons (Fsp3) is 0.316. The minimum atomic E-state index is -0.253. The number of nitrogens with zero attached hydrogens (tertiary/aromatic N) is 2. The number of carbonyl (C=O) groups excluding carboxylic acids is 1. The normalized spacial score (nSPS) is 17.1. The van der Waals surface area contributed by atoms with Crippen molar-refractivity contribution in [1.29, 1.82) is 0 Å². The molecular formula is C19H23N4O2+. The topological polar surface area (TPSA) is 68.0 Å². The minimum absolute atomic E-state index is 0.0966. The molecule has 130 valence electrons. The van der Waals surface area contributed by atoms with Crippen molar-refractivity contribution in [2.24, 2.45) is 5.10 Å². The molecule has 0 unspecified atom stereocenters. The van der Waals surface area contributed by atoms with E-state index in [-0.39, 0.29) is 11.9 Å². The summed E-state index contributed by atoms with van der Waals surface area (Å²) in [6.45, 7) is 5.29. The molecule has 1 fully saturated rings. The number of aromatic nitrogens is 1. The summed E-state index contributed by atoms with van der Waals surface area (Å²) in [5.41, 5.74) is 5.21. The van der Waals surface area contributed by atoms with Crippen molar-refractivity contribution in [2.45, 2.75) is 13.0 Å². The van der Waals surface area contributed by atoms with Gasteiger partial charge in [0.15, 0.2) is 6.04 Å². The average Bonchev–Trinajstić information content (AvgIpc) is 2.69. The van der Waals surface area contributed by atoms with Crippen LogP contribution >= 0.6 is 0 Å². The van der Waals surface area contributed by atoms with Crippen molar-refractivity contribution >= 4 is 11.6 Å². The van der Waals surface area contributed by atoms with E-state index in [1.54, 1.807) is 18.3 Å². The van der Waals surface area contributed by atoms with Gasteiger partial charge in [-0.25, -0.2) is 5.43 Å². The van der Waals surface area contributed by atoms with Gasteiger partial charge in [-0.1, -0.05) is 30.3 Å². The molecular weight excluding hydrogens is 316 g/mol. The molecule has 0 radical (unpaired) electrons. The number of hydrazone groups is 1. The first kappa shape index (κ1) is 17.3. The molecule has 0 spiro atoms. The summed E-state index contributed by atoms with van der Waals surface area (Å²) in [4.78, 5) is 17.6. The Morgan fingerprint density at radius 2 is 1.96 bits per heavy atom. The van der Waals surface area contributed by atoms with Gasteiger partial charge in [-0.2, -0.15) is 5.10 Å². The highest BCUT2D eigenvalue weighted by molar-refractivity contribution is 5.95. The van der Waals surface area contributed by atoms with Gasteiger partial charge in [-0.15, -0.1) is 0 Å². The van der Waals surface area contributed by atoms with Gasteiger partial charge in [0.05, 0.1) is 24.5 Å². The molecule has 6 nitrogen and oxygen atoms in total. The summed E-state index contributed by atoms with van der Waals surface area (Å²) >= 11 is 0. The van der Waals surface area contributed by atoms with E-state index >= 15 is 0 Å². The van der Waals surface area contributed by atoms with Crippen LogP contribution < -0.4 is 10.3 Å². The minimum Gasteiger partial charge on any atom is -0.370 e. The van der Waals surface area contributed by atoms with Crippen molar-refractivity contribution < 1.29 is 14.4 Å². The molecule has 0 aliphatic carbocycles. The van der Waals surface area contributed by atoms with Crippen LogP contribution in [0.3, 0.4) is 0 Å². The molecule has 1 amide bonds. The van der Waals surface area contributed by atoms with Gasteiger partial charge in [0.2, 0.25) is 0 Å². The molecule has 25 heavy (non-hydrogen) atoms. The van der Waals surface area contributed by atoms with Crippen LogP contribution in [-0.2, 0) is 4.74 Å². The molecule has 1 aliphatic rings. The van der Waals surface area contributed by atoms with Crippen LogP contribution in [0.1, 0.15) is 28.9 Å². The van der Waals surface area contributed by atoms with Crippen molar-refractivity contribution in [2.75, 3.05) is 26.3 Å². The highest BCUT2D eigenvalue weighted by Gasteiger charge is 2.29. The fourth-order valence-corrected chi connectivity index (χ4v) is 3.11. The monoisotopic (exact) mass is 339 g/mol. The Hall–Kier alpha value is -2.57. The number of pyridine rings is 1. The lowest BCUT2D eigenvalue weighted by atomic mass is 10.0. The van der Waals surface area contributed by atoms with Gasteiger partial charge >= 0.3 is 0 Å². The third kappa shape index (κ3) is 4.49. The number of rotatable bonds is 5. The predicted octanol–water partition coefficient (Wildman–Crippen LogP) is 0.844. The van der Waals surface area contributed by atoms with Crippen LogP contribution in [0.4, 0.5) is 0 Å². The third-order valence-electron chi connectivity index (χ3n) is 4.35. The number of benzene rings is 1. The molecule has 0 bridgehead atoms. The molecule has 1 saturated heterocycles. The number of amides is 1. The summed E-state index contributed by atoms with van der Waals surface area (Å²) in [7, 11) is 0. The highest BCUT2D eigenvalue weighted by Crippen LogP contribution is 2.12. The maximum absolute atomic E-state index is 12.2. The van der Waals surface area contributed by atoms with E-state index in [0.29, 0.717) is 5.56 Å². The van der Waals surface area contributed by atoms with Crippen molar-refractivity contribution in [1.82, 2.24) is 10.4 Å². The number of morpholine rings is 1. The quantitative estimate of drug-likeness (QED) is 0.627. The molecule has 0 saturated carbocycles. The second kappa shape index (κ2) is 8.50. The summed E-state index contributed by atoms with van der Waals surface area (Å²) in [6.07, 6.45) is 3.17. The van der Waals surface area contributed by atoms with Crippen LogP contribution in [0, 0.1) is 0 Å². The van der Waals surface area contributed by atoms with Gasteiger partial charge in [0.25, 0.3) is 5.91 Å². The van der Waals surface area contributed by atoms with E-state index in [9.17, 15) is 4.79 Å². The number of hydrogen-bond donors (Lipinski definition) is 2. The van der Waals surface area contributed by atoms with Crippen molar-refractivity contribution in [3.63, 3.8) is 0 Å². The lowest BCUT2D eigenvalue weighted by molar-refractivity contribution is -0.928. The zero-order valence-electron chi connectivity index (χ0n) is 14.3. The van der Waals surface area contributed by atoms with Crippen LogP contribution in [-0.4, -0.2) is 42.9 Å². The maximum Gasteiger partial charge on any atom is 0.272 e. The first-order valence-corrected chi connectivity index (χ1v) is 8.47. The van der Waals surface area contributed by atoms with Crippen LogP contribution in [0.25, 0.3) is 0 Å². The number of hydrogen-bond acceptors (Lipinski definition) is 4. The van der Waals surface area contributed by atoms with Gasteiger partial charge in [0.1, 0.15) is 13.1 Å². The van der Waals surface area contributed by atoms with E-state index in [2.05, 4.69) is 27.6 Å². The van der Waals surface area contributed by atoms with Gasteiger partial charge in [0, 0.05) is 18.0 Å². The van der Waals surface area contributed by atoms with Crippen molar-refractivity contribution in [3.8, 4) is 0 Å². The Bertz CT molecular complexity index is 713. The Morgan fingerprint density at radius 1 is 1.20 bits per heavy atom. The number of quaternary nitrogens is 1. The second-order valence-electron chi connectivity index (χ2n) is 6.05. The second-order valence-corrected chi connectivity index (χ2v) is 6.05. The van der Waals surface area contributed by atoms with Gasteiger partial charge in [-0.05, 0) is 19.1 Å². The van der Waals surface area contributed by atoms with E-state index in [4.69, 9.17) is 4.74 Å². The zero-order chi connectivity index (χ0) is 17.5. The molecule has 1 aliphatic heterocycles. The molecule has 2 heterocycles. The highest BCUT2D eigenvalue weighted by atomic mass is 16.5. The first-order chi connectivity index (χ1) is 12.3. The molecule has 3 rings (SSSR count).